The summed E-state index contributed by atoms with van der Waals surface area (Å²) in [6.45, 7) is 0.456. The maximum absolute atomic E-state index is 12.2. The molecule has 8 nitrogen and oxygen atoms in total. The number of ether oxygens (including phenoxy) is 5. The lowest BCUT2D eigenvalue weighted by Crippen LogP contribution is -2.13. The lowest BCUT2D eigenvalue weighted by molar-refractivity contribution is -0.116. The van der Waals surface area contributed by atoms with E-state index in [0.29, 0.717) is 66.0 Å². The number of benzene rings is 3. The minimum atomic E-state index is -0.0746. The van der Waals surface area contributed by atoms with E-state index in [1.54, 1.807) is 40.6 Å². The maximum atomic E-state index is 12.2. The van der Waals surface area contributed by atoms with Crippen LogP contribution in [0.2, 0.25) is 0 Å². The van der Waals surface area contributed by atoms with Crippen LogP contribution in [0.1, 0.15) is 30.4 Å². The van der Waals surface area contributed by atoms with Gasteiger partial charge in [0.1, 0.15) is 0 Å². The highest BCUT2D eigenvalue weighted by atomic mass is 16.5. The van der Waals surface area contributed by atoms with Crippen molar-refractivity contribution in [2.75, 3.05) is 46.1 Å². The van der Waals surface area contributed by atoms with Gasteiger partial charge in [0.25, 0.3) is 0 Å². The van der Waals surface area contributed by atoms with Crippen LogP contribution in [-0.2, 0) is 4.79 Å². The molecule has 0 radical (unpaired) electrons. The summed E-state index contributed by atoms with van der Waals surface area (Å²) in [6.07, 6.45) is 5.70. The third kappa shape index (κ3) is 7.57. The molecule has 0 saturated carbocycles. The van der Waals surface area contributed by atoms with Crippen LogP contribution < -0.4 is 34.7 Å². The molecule has 0 bridgehead atoms. The van der Waals surface area contributed by atoms with Crippen molar-refractivity contribution in [2.45, 2.75) is 19.3 Å². The summed E-state index contributed by atoms with van der Waals surface area (Å²) >= 11 is 0. The zero-order valence-electron chi connectivity index (χ0n) is 21.7. The van der Waals surface area contributed by atoms with Crippen molar-refractivity contribution in [3.63, 3.8) is 0 Å². The quantitative estimate of drug-likeness (QED) is 0.175. The van der Waals surface area contributed by atoms with Crippen molar-refractivity contribution in [1.82, 2.24) is 0 Å². The molecule has 8 heteroatoms. The van der Waals surface area contributed by atoms with Crippen LogP contribution in [0.15, 0.2) is 54.6 Å². The molecule has 0 unspecified atom stereocenters. The van der Waals surface area contributed by atoms with Crippen LogP contribution in [0.4, 0.5) is 11.4 Å². The minimum absolute atomic E-state index is 0.0746. The molecule has 0 saturated heterocycles. The van der Waals surface area contributed by atoms with Crippen molar-refractivity contribution in [1.29, 1.82) is 0 Å². The van der Waals surface area contributed by atoms with Crippen molar-refractivity contribution in [3.8, 4) is 28.7 Å². The van der Waals surface area contributed by atoms with E-state index in [4.69, 9.17) is 29.4 Å². The topological polar surface area (TPSA) is 101 Å². The average Bonchev–Trinajstić information content (AvgIpc) is 2.92. The number of nitrogens with two attached hydrogens (primary N) is 1. The summed E-state index contributed by atoms with van der Waals surface area (Å²) in [5, 5.41) is 2.84. The highest BCUT2D eigenvalue weighted by Crippen LogP contribution is 2.38. The van der Waals surface area contributed by atoms with E-state index in [1.165, 1.54) is 0 Å². The molecular formula is C29H34N2O6. The predicted molar refractivity (Wildman–Crippen MR) is 147 cm³/mol. The molecule has 3 aromatic rings. The molecule has 0 aliphatic heterocycles. The molecule has 0 heterocycles. The number of rotatable bonds is 13. The molecular weight excluding hydrogens is 472 g/mol. The van der Waals surface area contributed by atoms with Crippen LogP contribution in [0.3, 0.4) is 0 Å². The lowest BCUT2D eigenvalue weighted by Gasteiger charge is -2.13. The van der Waals surface area contributed by atoms with E-state index in [-0.39, 0.29) is 5.91 Å². The van der Waals surface area contributed by atoms with Crippen LogP contribution in [-0.4, -0.2) is 41.0 Å². The molecule has 0 aromatic heterocycles. The smallest absolute Gasteiger partial charge is 0.224 e. The Morgan fingerprint density at radius 3 is 2.08 bits per heavy atom. The maximum Gasteiger partial charge on any atom is 0.224 e. The van der Waals surface area contributed by atoms with Gasteiger partial charge in [-0.1, -0.05) is 30.4 Å². The first-order chi connectivity index (χ1) is 18.0. The molecule has 0 atom stereocenters. The summed E-state index contributed by atoms with van der Waals surface area (Å²) in [6, 6.07) is 16.7. The van der Waals surface area contributed by atoms with Gasteiger partial charge in [-0.2, -0.15) is 0 Å². The highest BCUT2D eigenvalue weighted by molar-refractivity contribution is 5.93. The number of hydrogen-bond acceptors (Lipinski definition) is 7. The average molecular weight is 507 g/mol. The van der Waals surface area contributed by atoms with Crippen LogP contribution in [0.5, 0.6) is 28.7 Å². The molecule has 37 heavy (non-hydrogen) atoms. The van der Waals surface area contributed by atoms with E-state index < -0.39 is 0 Å². The Labute approximate surface area is 217 Å². The number of nitrogens with one attached hydrogen (secondary N) is 1. The second-order valence-electron chi connectivity index (χ2n) is 8.14. The van der Waals surface area contributed by atoms with Gasteiger partial charge in [0, 0.05) is 6.42 Å². The number of carbonyl (C=O) groups is 1. The predicted octanol–water partition coefficient (Wildman–Crippen LogP) is 5.66. The first-order valence-electron chi connectivity index (χ1n) is 11.9. The van der Waals surface area contributed by atoms with Gasteiger partial charge in [-0.25, -0.2) is 0 Å². The van der Waals surface area contributed by atoms with Gasteiger partial charge in [0.15, 0.2) is 23.0 Å². The molecule has 196 valence electrons. The van der Waals surface area contributed by atoms with E-state index in [0.717, 1.165) is 11.1 Å². The first kappa shape index (κ1) is 27.3. The van der Waals surface area contributed by atoms with E-state index in [9.17, 15) is 4.79 Å². The Hall–Kier alpha value is -4.33. The molecule has 0 spiro atoms. The van der Waals surface area contributed by atoms with Crippen molar-refractivity contribution in [2.24, 2.45) is 0 Å². The fourth-order valence-electron chi connectivity index (χ4n) is 3.69. The zero-order valence-corrected chi connectivity index (χ0v) is 21.7. The number of amides is 1. The summed E-state index contributed by atoms with van der Waals surface area (Å²) in [7, 11) is 6.35. The molecule has 0 aliphatic rings. The standard InChI is InChI=1S/C29H34N2O6/c1-33-24-15-14-20(12-13-21-18-26(34-2)29(36-4)27(19-21)35-3)17-25(24)37-16-8-7-11-28(32)31-23-10-6-5-9-22(23)30/h5-6,9-10,12-15,17-19H,7-8,11,16,30H2,1-4H3,(H,31,32)/b13-12-. The lowest BCUT2D eigenvalue weighted by atomic mass is 10.1. The van der Waals surface area contributed by atoms with Crippen molar-refractivity contribution < 1.29 is 28.5 Å². The molecule has 3 aromatic carbocycles. The van der Waals surface area contributed by atoms with Gasteiger partial charge in [-0.15, -0.1) is 0 Å². The largest absolute Gasteiger partial charge is 0.493 e. The van der Waals surface area contributed by atoms with E-state index >= 15 is 0 Å². The molecule has 3 N–H and O–H groups in total. The van der Waals surface area contributed by atoms with E-state index in [2.05, 4.69) is 5.32 Å². The van der Waals surface area contributed by atoms with Gasteiger partial charge in [0.2, 0.25) is 11.7 Å². The Morgan fingerprint density at radius 1 is 0.784 bits per heavy atom. The number of nitrogen functional groups attached to an aromatic ring is 1. The highest BCUT2D eigenvalue weighted by Gasteiger charge is 2.12. The second kappa shape index (κ2) is 13.7. The SMILES string of the molecule is COc1ccc(/C=C\c2cc(OC)c(OC)c(OC)c2)cc1OCCCCC(=O)Nc1ccccc1N. The second-order valence-corrected chi connectivity index (χ2v) is 8.14. The molecule has 0 aliphatic carbocycles. The van der Waals surface area contributed by atoms with E-state index in [1.807, 2.05) is 54.6 Å². The van der Waals surface area contributed by atoms with Gasteiger partial charge in [-0.05, 0) is 60.4 Å². The molecule has 3 rings (SSSR count). The number of carbonyl (C=O) groups excluding carboxylic acids is 1. The van der Waals surface area contributed by atoms with Gasteiger partial charge < -0.3 is 34.7 Å². The van der Waals surface area contributed by atoms with Crippen LogP contribution in [0, 0.1) is 0 Å². The number of para-hydroxylation sites is 2. The zero-order chi connectivity index (χ0) is 26.6. The van der Waals surface area contributed by atoms with Gasteiger partial charge in [-0.3, -0.25) is 4.79 Å². The Kier molecular flexibility index (Phi) is 10.1. The fraction of sp³-hybridized carbons (Fsp3) is 0.276. The summed E-state index contributed by atoms with van der Waals surface area (Å²) in [4.78, 5) is 12.2. The minimum Gasteiger partial charge on any atom is -0.493 e. The monoisotopic (exact) mass is 506 g/mol. The number of methoxy groups -OCH3 is 4. The molecule has 0 fully saturated rings. The Bertz CT molecular complexity index is 1200. The van der Waals surface area contributed by atoms with Gasteiger partial charge in [0.05, 0.1) is 46.4 Å². The Morgan fingerprint density at radius 2 is 1.43 bits per heavy atom. The number of hydrogen-bond donors (Lipinski definition) is 2. The number of anilines is 2. The summed E-state index contributed by atoms with van der Waals surface area (Å²) in [5.74, 6) is 2.92. The summed E-state index contributed by atoms with van der Waals surface area (Å²) < 4.78 is 27.7. The molecule has 1 amide bonds. The Balaban J connectivity index is 1.58. The third-order valence-electron chi connectivity index (χ3n) is 5.63. The van der Waals surface area contributed by atoms with Crippen molar-refractivity contribution >= 4 is 29.4 Å². The van der Waals surface area contributed by atoms with Crippen molar-refractivity contribution in [3.05, 3.63) is 65.7 Å². The van der Waals surface area contributed by atoms with Gasteiger partial charge >= 0.3 is 0 Å². The third-order valence-corrected chi connectivity index (χ3v) is 5.63. The first-order valence-corrected chi connectivity index (χ1v) is 11.9. The summed E-state index contributed by atoms with van der Waals surface area (Å²) in [5.41, 5.74) is 8.88. The van der Waals surface area contributed by atoms with Crippen LogP contribution in [0.25, 0.3) is 12.2 Å². The normalized spacial score (nSPS) is 10.7. The fourth-order valence-corrected chi connectivity index (χ4v) is 3.69. The number of unbranched alkanes of at least 4 members (excludes halogenated alkanes) is 1. The van der Waals surface area contributed by atoms with Crippen LogP contribution >= 0.6 is 0 Å².